The van der Waals surface area contributed by atoms with Crippen LogP contribution in [0.1, 0.15) is 19.4 Å². The Balaban J connectivity index is 1.55. The van der Waals surface area contributed by atoms with Crippen molar-refractivity contribution >= 4 is 46.4 Å². The zero-order valence-corrected chi connectivity index (χ0v) is 20.2. The van der Waals surface area contributed by atoms with Crippen molar-refractivity contribution < 1.29 is 42.3 Å². The molecule has 37 heavy (non-hydrogen) atoms. The quantitative estimate of drug-likeness (QED) is 0.560. The summed E-state index contributed by atoms with van der Waals surface area (Å²) in [6, 6.07) is -0.773. The van der Waals surface area contributed by atoms with Gasteiger partial charge >= 0.3 is 12.1 Å². The minimum Gasteiger partial charge on any atom is -0.447 e. The topological polar surface area (TPSA) is 153 Å². The molecule has 3 saturated heterocycles. The van der Waals surface area contributed by atoms with E-state index in [1.165, 1.54) is 12.0 Å². The fourth-order valence-electron chi connectivity index (χ4n) is 6.15. The lowest BCUT2D eigenvalue weighted by Crippen LogP contribution is -2.75. The third kappa shape index (κ3) is 3.18. The number of fused-ring (bicyclic) bond motifs is 5. The van der Waals surface area contributed by atoms with E-state index in [4.69, 9.17) is 18.7 Å². The van der Waals surface area contributed by atoms with Gasteiger partial charge in [0.25, 0.3) is 0 Å². The molecule has 2 aromatic rings. The Morgan fingerprint density at radius 3 is 2.65 bits per heavy atom. The number of imide groups is 2. The number of ether oxygens (including phenoxy) is 3. The minimum atomic E-state index is -1.77. The molecule has 3 fully saturated rings. The predicted octanol–water partition coefficient (Wildman–Crippen LogP) is 0.829. The van der Waals surface area contributed by atoms with E-state index >= 15 is 4.39 Å². The molecule has 1 aromatic heterocycles. The number of hydrogen-bond acceptors (Lipinski definition) is 10. The van der Waals surface area contributed by atoms with Gasteiger partial charge in [0.05, 0.1) is 42.0 Å². The largest absolute Gasteiger partial charge is 0.447 e. The van der Waals surface area contributed by atoms with Crippen LogP contribution in [0.25, 0.3) is 11.0 Å². The van der Waals surface area contributed by atoms with Crippen LogP contribution in [0, 0.1) is 11.2 Å². The molecule has 5 heterocycles. The Morgan fingerprint density at radius 1 is 1.22 bits per heavy atom. The normalized spacial score (nSPS) is 28.8. The van der Waals surface area contributed by atoms with Crippen molar-refractivity contribution in [2.24, 2.45) is 5.41 Å². The summed E-state index contributed by atoms with van der Waals surface area (Å²) in [7, 11) is 1.48. The molecule has 0 unspecified atom stereocenters. The van der Waals surface area contributed by atoms with Gasteiger partial charge in [-0.2, -0.15) is 0 Å². The van der Waals surface area contributed by atoms with Crippen LogP contribution in [0.15, 0.2) is 10.6 Å². The number of carbonyl (C=O) groups is 4. The second-order valence-corrected chi connectivity index (χ2v) is 9.77. The summed E-state index contributed by atoms with van der Waals surface area (Å²) >= 11 is 0. The van der Waals surface area contributed by atoms with Crippen molar-refractivity contribution in [2.75, 3.05) is 36.7 Å². The summed E-state index contributed by atoms with van der Waals surface area (Å²) in [5, 5.41) is 8.54. The Morgan fingerprint density at radius 2 is 1.95 bits per heavy atom. The molecule has 1 spiro atoms. The first kappa shape index (κ1) is 23.6. The summed E-state index contributed by atoms with van der Waals surface area (Å²) in [4.78, 5) is 54.0. The lowest BCUT2D eigenvalue weighted by atomic mass is 9.66. The van der Waals surface area contributed by atoms with Gasteiger partial charge in [-0.3, -0.25) is 20.2 Å². The molecule has 1 aromatic carbocycles. The summed E-state index contributed by atoms with van der Waals surface area (Å²) < 4.78 is 37.9. The van der Waals surface area contributed by atoms with Gasteiger partial charge in [-0.15, -0.1) is 0 Å². The second-order valence-electron chi connectivity index (χ2n) is 9.77. The number of nitrogens with zero attached hydrogens (tertiary/aromatic N) is 3. The number of anilines is 2. The molecule has 0 bridgehead atoms. The van der Waals surface area contributed by atoms with E-state index in [0.717, 1.165) is 0 Å². The molecule has 6 rings (SSSR count). The summed E-state index contributed by atoms with van der Waals surface area (Å²) in [6.07, 6.45) is -1.91. The van der Waals surface area contributed by atoms with Crippen molar-refractivity contribution in [1.82, 2.24) is 15.8 Å². The highest BCUT2D eigenvalue weighted by atomic mass is 19.1. The molecule has 4 aliphatic heterocycles. The van der Waals surface area contributed by atoms with Gasteiger partial charge in [-0.25, -0.2) is 18.9 Å². The van der Waals surface area contributed by atoms with Gasteiger partial charge in [-0.1, -0.05) is 5.16 Å². The maximum absolute atomic E-state index is 16.2. The van der Waals surface area contributed by atoms with E-state index in [-0.39, 0.29) is 54.8 Å². The van der Waals surface area contributed by atoms with E-state index < -0.39 is 53.4 Å². The molecule has 4 atom stereocenters. The lowest BCUT2D eigenvalue weighted by molar-refractivity contribution is -0.153. The zero-order chi connectivity index (χ0) is 26.2. The van der Waals surface area contributed by atoms with Gasteiger partial charge in [0, 0.05) is 20.1 Å². The number of barbiturate groups is 1. The maximum Gasteiger partial charge on any atom is 0.416 e. The SMILES string of the molecule is COC[C@H]1COC(=O)N1c1noc2c(F)c3c(cc12)CC1(C(=O)NC(=O)NC1=O)[C@H]1[C@H](C)O[C@H](C)CN31. The molecule has 0 radical (unpaired) electrons. The number of nitrogens with one attached hydrogen (secondary N) is 2. The molecule has 14 heteroatoms. The number of amides is 5. The number of methoxy groups -OCH3 is 1. The third-order valence-corrected chi connectivity index (χ3v) is 7.49. The first-order valence-corrected chi connectivity index (χ1v) is 11.8. The van der Waals surface area contributed by atoms with Gasteiger partial charge in [0.15, 0.2) is 17.1 Å². The van der Waals surface area contributed by atoms with Crippen LogP contribution in [0.4, 0.5) is 25.5 Å². The average Bonchev–Trinajstić information content (AvgIpc) is 3.40. The second kappa shape index (κ2) is 8.11. The van der Waals surface area contributed by atoms with E-state index in [2.05, 4.69) is 15.8 Å². The highest BCUT2D eigenvalue weighted by Gasteiger charge is 2.63. The number of hydrogen-bond donors (Lipinski definition) is 2. The van der Waals surface area contributed by atoms with E-state index in [0.29, 0.717) is 5.56 Å². The summed E-state index contributed by atoms with van der Waals surface area (Å²) in [6.45, 7) is 3.88. The molecule has 2 N–H and O–H groups in total. The molecular formula is C23H24FN5O8. The number of carbonyl (C=O) groups excluding carboxylic acids is 4. The Kier molecular flexibility index (Phi) is 5.18. The Bertz CT molecular complexity index is 1340. The van der Waals surface area contributed by atoms with Crippen LogP contribution in [-0.2, 0) is 30.2 Å². The van der Waals surface area contributed by atoms with Gasteiger partial charge in [0.2, 0.25) is 17.4 Å². The van der Waals surface area contributed by atoms with Crippen LogP contribution >= 0.6 is 0 Å². The Labute approximate surface area is 209 Å². The highest BCUT2D eigenvalue weighted by molar-refractivity contribution is 6.20. The first-order chi connectivity index (χ1) is 17.7. The van der Waals surface area contributed by atoms with Crippen molar-refractivity contribution in [3.05, 3.63) is 17.4 Å². The average molecular weight is 517 g/mol. The molecule has 0 saturated carbocycles. The molecule has 0 aliphatic carbocycles. The van der Waals surface area contributed by atoms with E-state index in [9.17, 15) is 19.2 Å². The summed E-state index contributed by atoms with van der Waals surface area (Å²) in [5.74, 6) is -2.28. The number of urea groups is 1. The number of benzene rings is 1. The van der Waals surface area contributed by atoms with Crippen molar-refractivity contribution in [2.45, 2.75) is 44.6 Å². The Hall–Kier alpha value is -3.78. The first-order valence-electron chi connectivity index (χ1n) is 11.8. The standard InChI is InChI=1S/C23H24FN5O8/c1-9-6-28-15-11(5-23(17(28)10(2)36-9)19(30)25-21(32)26-20(23)31)4-13-16(14(15)24)37-27-18(13)29-12(7-34-3)8-35-22(29)33/h4,9-10,12,17H,5-8H2,1-3H3,(H2,25,26,30,31,32)/t9-,10+,12+,17-/m1/s1. The summed E-state index contributed by atoms with van der Waals surface area (Å²) in [5.41, 5.74) is -1.48. The van der Waals surface area contributed by atoms with Crippen LogP contribution in [-0.4, -0.2) is 80.3 Å². The molecule has 5 amide bonds. The number of halogens is 1. The molecule has 13 nitrogen and oxygen atoms in total. The third-order valence-electron chi connectivity index (χ3n) is 7.49. The molecule has 196 valence electrons. The predicted molar refractivity (Wildman–Crippen MR) is 122 cm³/mol. The number of morpholine rings is 1. The van der Waals surface area contributed by atoms with Gasteiger partial charge < -0.3 is 23.6 Å². The monoisotopic (exact) mass is 517 g/mol. The van der Waals surface area contributed by atoms with E-state index in [1.54, 1.807) is 24.8 Å². The maximum atomic E-state index is 16.2. The number of cyclic esters (lactones) is 1. The van der Waals surface area contributed by atoms with Crippen LogP contribution < -0.4 is 20.4 Å². The smallest absolute Gasteiger partial charge is 0.416 e. The fraction of sp³-hybridized carbons (Fsp3) is 0.522. The fourth-order valence-corrected chi connectivity index (χ4v) is 6.15. The van der Waals surface area contributed by atoms with Crippen molar-refractivity contribution in [3.63, 3.8) is 0 Å². The van der Waals surface area contributed by atoms with Crippen molar-refractivity contribution in [3.8, 4) is 0 Å². The van der Waals surface area contributed by atoms with Crippen LogP contribution in [0.2, 0.25) is 0 Å². The molecule has 4 aliphatic rings. The minimum absolute atomic E-state index is 0.0360. The van der Waals surface area contributed by atoms with Crippen LogP contribution in [0.5, 0.6) is 0 Å². The van der Waals surface area contributed by atoms with Crippen LogP contribution in [0.3, 0.4) is 0 Å². The molecular weight excluding hydrogens is 493 g/mol. The van der Waals surface area contributed by atoms with Crippen molar-refractivity contribution in [1.29, 1.82) is 0 Å². The van der Waals surface area contributed by atoms with E-state index in [1.807, 2.05) is 0 Å². The lowest BCUT2D eigenvalue weighted by Gasteiger charge is -2.55. The highest BCUT2D eigenvalue weighted by Crippen LogP contribution is 2.50. The number of rotatable bonds is 3. The zero-order valence-electron chi connectivity index (χ0n) is 20.2. The van der Waals surface area contributed by atoms with Gasteiger partial charge in [-0.05, 0) is 25.5 Å². The number of aromatic nitrogens is 1. The van der Waals surface area contributed by atoms with Gasteiger partial charge in [0.1, 0.15) is 6.61 Å².